The van der Waals surface area contributed by atoms with Gasteiger partial charge >= 0.3 is 12.0 Å². The van der Waals surface area contributed by atoms with Crippen LogP contribution in [0.2, 0.25) is 0 Å². The number of ether oxygens (including phenoxy) is 1. The van der Waals surface area contributed by atoms with Gasteiger partial charge in [-0.05, 0) is 43.2 Å². The molecule has 3 rings (SSSR count). The number of imide groups is 1. The van der Waals surface area contributed by atoms with Crippen molar-refractivity contribution in [1.82, 2.24) is 10.2 Å². The Labute approximate surface area is 174 Å². The molecule has 1 fully saturated rings. The van der Waals surface area contributed by atoms with Crippen molar-refractivity contribution < 1.29 is 23.9 Å². The van der Waals surface area contributed by atoms with Crippen LogP contribution in [0.5, 0.6) is 0 Å². The fourth-order valence-corrected chi connectivity index (χ4v) is 3.07. The largest absolute Gasteiger partial charge is 0.449 e. The Morgan fingerprint density at radius 2 is 1.87 bits per heavy atom. The van der Waals surface area contributed by atoms with Gasteiger partial charge in [0.2, 0.25) is 5.91 Å². The summed E-state index contributed by atoms with van der Waals surface area (Å²) in [5.41, 5.74) is 1.60. The number of likely N-dealkylation sites (tertiary alicyclic amines) is 1. The Balaban J connectivity index is 1.53. The predicted octanol–water partition coefficient (Wildman–Crippen LogP) is 2.70. The average molecular weight is 409 g/mol. The predicted molar refractivity (Wildman–Crippen MR) is 110 cm³/mol. The van der Waals surface area contributed by atoms with Crippen molar-refractivity contribution in [1.29, 1.82) is 0 Å². The normalized spacial score (nSPS) is 14.2. The lowest BCUT2D eigenvalue weighted by molar-refractivity contribution is -0.128. The molecule has 1 heterocycles. The van der Waals surface area contributed by atoms with E-state index in [1.54, 1.807) is 53.4 Å². The summed E-state index contributed by atoms with van der Waals surface area (Å²) >= 11 is 0. The number of anilines is 1. The monoisotopic (exact) mass is 409 g/mol. The van der Waals surface area contributed by atoms with E-state index in [0.717, 1.165) is 12.0 Å². The van der Waals surface area contributed by atoms with Gasteiger partial charge in [-0.2, -0.15) is 0 Å². The third-order valence-corrected chi connectivity index (χ3v) is 4.63. The second-order valence-corrected chi connectivity index (χ2v) is 6.98. The molecule has 0 spiro atoms. The lowest BCUT2D eigenvalue weighted by atomic mass is 10.1. The Morgan fingerprint density at radius 1 is 1.10 bits per heavy atom. The Kier molecular flexibility index (Phi) is 6.79. The molecule has 4 amide bonds. The van der Waals surface area contributed by atoms with E-state index in [9.17, 15) is 19.2 Å². The van der Waals surface area contributed by atoms with Gasteiger partial charge in [0.15, 0.2) is 6.10 Å². The molecule has 1 unspecified atom stereocenters. The summed E-state index contributed by atoms with van der Waals surface area (Å²) in [5.74, 6) is -1.33. The quantitative estimate of drug-likeness (QED) is 0.714. The van der Waals surface area contributed by atoms with Crippen molar-refractivity contribution in [3.8, 4) is 0 Å². The summed E-state index contributed by atoms with van der Waals surface area (Å²) in [4.78, 5) is 50.0. The topological polar surface area (TPSA) is 105 Å². The van der Waals surface area contributed by atoms with Crippen molar-refractivity contribution in [2.24, 2.45) is 0 Å². The molecule has 0 aliphatic carbocycles. The summed E-state index contributed by atoms with van der Waals surface area (Å²) in [6.07, 6.45) is 0.222. The molecule has 0 aromatic heterocycles. The Hall–Kier alpha value is -3.68. The smallest absolute Gasteiger partial charge is 0.338 e. The highest BCUT2D eigenvalue weighted by molar-refractivity contribution is 6.03. The first-order valence-corrected chi connectivity index (χ1v) is 9.67. The van der Waals surface area contributed by atoms with Gasteiger partial charge in [-0.3, -0.25) is 14.9 Å². The van der Waals surface area contributed by atoms with E-state index in [1.165, 1.54) is 6.92 Å². The molecule has 8 heteroatoms. The average Bonchev–Trinajstić information content (AvgIpc) is 3.13. The van der Waals surface area contributed by atoms with Crippen molar-refractivity contribution in [2.75, 3.05) is 11.9 Å². The minimum absolute atomic E-state index is 0.0991. The second kappa shape index (κ2) is 9.69. The zero-order valence-corrected chi connectivity index (χ0v) is 16.6. The molecule has 0 bridgehead atoms. The number of carbonyl (C=O) groups excluding carboxylic acids is 4. The number of amides is 4. The summed E-state index contributed by atoms with van der Waals surface area (Å²) in [5, 5.41) is 4.65. The second-order valence-electron chi connectivity index (χ2n) is 6.98. The van der Waals surface area contributed by atoms with Crippen LogP contribution in [0.1, 0.15) is 35.7 Å². The van der Waals surface area contributed by atoms with E-state index >= 15 is 0 Å². The number of nitrogens with zero attached hydrogens (tertiary/aromatic N) is 1. The van der Waals surface area contributed by atoms with Gasteiger partial charge in [0.1, 0.15) is 0 Å². The molecule has 1 aliphatic rings. The van der Waals surface area contributed by atoms with Crippen molar-refractivity contribution in [3.63, 3.8) is 0 Å². The lowest BCUT2D eigenvalue weighted by Crippen LogP contribution is -2.41. The molecule has 1 saturated heterocycles. The third-order valence-electron chi connectivity index (χ3n) is 4.63. The van der Waals surface area contributed by atoms with Gasteiger partial charge in [0, 0.05) is 25.2 Å². The van der Waals surface area contributed by atoms with E-state index in [2.05, 4.69) is 10.6 Å². The molecule has 2 aromatic rings. The van der Waals surface area contributed by atoms with Crippen LogP contribution >= 0.6 is 0 Å². The van der Waals surface area contributed by atoms with E-state index in [-0.39, 0.29) is 11.5 Å². The van der Waals surface area contributed by atoms with E-state index in [1.807, 2.05) is 6.07 Å². The fraction of sp³-hybridized carbons (Fsp3) is 0.273. The van der Waals surface area contributed by atoms with Gasteiger partial charge < -0.3 is 15.0 Å². The number of nitrogens with one attached hydrogen (secondary N) is 2. The van der Waals surface area contributed by atoms with Gasteiger partial charge in [0.05, 0.1) is 5.56 Å². The van der Waals surface area contributed by atoms with Crippen LogP contribution in [-0.2, 0) is 20.9 Å². The van der Waals surface area contributed by atoms with E-state index in [0.29, 0.717) is 25.2 Å². The molecular formula is C22H23N3O5. The molecule has 156 valence electrons. The maximum Gasteiger partial charge on any atom is 0.338 e. The number of urea groups is 1. The highest BCUT2D eigenvalue weighted by Gasteiger charge is 2.22. The number of carbonyl (C=O) groups is 4. The molecule has 0 saturated carbocycles. The minimum atomic E-state index is -1.16. The van der Waals surface area contributed by atoms with E-state index in [4.69, 9.17) is 4.74 Å². The van der Waals surface area contributed by atoms with Crippen LogP contribution in [0.4, 0.5) is 10.5 Å². The van der Waals surface area contributed by atoms with Crippen LogP contribution < -0.4 is 10.6 Å². The van der Waals surface area contributed by atoms with Crippen molar-refractivity contribution in [2.45, 2.75) is 32.4 Å². The van der Waals surface area contributed by atoms with E-state index < -0.39 is 24.0 Å². The van der Waals surface area contributed by atoms with Crippen molar-refractivity contribution >= 4 is 29.5 Å². The van der Waals surface area contributed by atoms with Gasteiger partial charge in [0.25, 0.3) is 5.91 Å². The van der Waals surface area contributed by atoms with Crippen LogP contribution in [0.15, 0.2) is 54.6 Å². The first-order chi connectivity index (χ1) is 14.4. The van der Waals surface area contributed by atoms with Crippen LogP contribution in [-0.4, -0.2) is 41.4 Å². The van der Waals surface area contributed by atoms with Crippen LogP contribution in [0.25, 0.3) is 0 Å². The maximum absolute atomic E-state index is 12.4. The molecule has 2 aromatic carbocycles. The maximum atomic E-state index is 12.4. The standard InChI is InChI=1S/C22H23N3O5/c1-15(20(27)24-22(29)23-18-9-3-2-4-10-18)30-21(28)17-8-5-7-16(13-17)14-25-12-6-11-19(25)26/h2-5,7-10,13,15H,6,11-12,14H2,1H3,(H2,23,24,27,29). The molecular weight excluding hydrogens is 386 g/mol. The van der Waals surface area contributed by atoms with Crippen LogP contribution in [0.3, 0.4) is 0 Å². The first-order valence-electron chi connectivity index (χ1n) is 9.67. The Morgan fingerprint density at radius 3 is 2.57 bits per heavy atom. The summed E-state index contributed by atoms with van der Waals surface area (Å²) in [6.45, 7) is 2.52. The Bertz CT molecular complexity index is 945. The number of hydrogen-bond acceptors (Lipinski definition) is 5. The molecule has 0 radical (unpaired) electrons. The summed E-state index contributed by atoms with van der Waals surface area (Å²) in [7, 11) is 0. The molecule has 8 nitrogen and oxygen atoms in total. The summed E-state index contributed by atoms with van der Waals surface area (Å²) in [6, 6.07) is 14.7. The van der Waals surface area contributed by atoms with Crippen LogP contribution in [0, 0.1) is 0 Å². The number of esters is 1. The number of para-hydroxylation sites is 1. The highest BCUT2D eigenvalue weighted by Crippen LogP contribution is 2.16. The third kappa shape index (κ3) is 5.66. The summed E-state index contributed by atoms with van der Waals surface area (Å²) < 4.78 is 5.18. The first kappa shape index (κ1) is 21.0. The lowest BCUT2D eigenvalue weighted by Gasteiger charge is -2.16. The SMILES string of the molecule is CC(OC(=O)c1cccc(CN2CCCC2=O)c1)C(=O)NC(=O)Nc1ccccc1. The van der Waals surface area contributed by atoms with Gasteiger partial charge in [-0.25, -0.2) is 9.59 Å². The number of benzene rings is 2. The van der Waals surface area contributed by atoms with Gasteiger partial charge in [-0.15, -0.1) is 0 Å². The molecule has 1 aliphatic heterocycles. The number of hydrogen-bond donors (Lipinski definition) is 2. The minimum Gasteiger partial charge on any atom is -0.449 e. The zero-order chi connectivity index (χ0) is 21.5. The molecule has 1 atom stereocenters. The fourth-order valence-electron chi connectivity index (χ4n) is 3.07. The highest BCUT2D eigenvalue weighted by atomic mass is 16.5. The van der Waals surface area contributed by atoms with Crippen molar-refractivity contribution in [3.05, 3.63) is 65.7 Å². The molecule has 2 N–H and O–H groups in total. The molecule has 30 heavy (non-hydrogen) atoms. The zero-order valence-electron chi connectivity index (χ0n) is 16.6. The number of rotatable bonds is 6. The van der Waals surface area contributed by atoms with Gasteiger partial charge in [-0.1, -0.05) is 30.3 Å².